The quantitative estimate of drug-likeness (QED) is 0.581. The summed E-state index contributed by atoms with van der Waals surface area (Å²) in [5.41, 5.74) is 0.0912. The van der Waals surface area contributed by atoms with Crippen molar-refractivity contribution in [1.82, 2.24) is 4.98 Å². The van der Waals surface area contributed by atoms with E-state index in [-0.39, 0.29) is 11.3 Å². The summed E-state index contributed by atoms with van der Waals surface area (Å²) < 4.78 is 0. The number of nitrogens with zero attached hydrogens (tertiary/aromatic N) is 3. The molecule has 19 heavy (non-hydrogen) atoms. The number of aromatic nitrogens is 1. The number of carboxylic acids is 1. The summed E-state index contributed by atoms with van der Waals surface area (Å²) in [5.74, 6) is -1.77. The van der Waals surface area contributed by atoms with Crippen molar-refractivity contribution >= 4 is 17.5 Å². The van der Waals surface area contributed by atoms with Crippen molar-refractivity contribution in [2.24, 2.45) is 0 Å². The van der Waals surface area contributed by atoms with Crippen LogP contribution in [-0.2, 0) is 0 Å². The molecule has 0 spiro atoms. The van der Waals surface area contributed by atoms with Crippen LogP contribution in [0.15, 0.2) is 12.3 Å². The highest BCUT2D eigenvalue weighted by molar-refractivity contribution is 5.94. The molecule has 0 radical (unpaired) electrons. The highest BCUT2D eigenvalue weighted by Crippen LogP contribution is 2.22. The molecule has 8 nitrogen and oxygen atoms in total. The van der Waals surface area contributed by atoms with Gasteiger partial charge in [0.15, 0.2) is 6.20 Å². The van der Waals surface area contributed by atoms with Gasteiger partial charge >= 0.3 is 11.8 Å². The fourth-order valence-corrected chi connectivity index (χ4v) is 1.51. The average Bonchev–Trinajstić information content (AvgIpc) is 2.34. The maximum atomic E-state index is 11.1. The van der Waals surface area contributed by atoms with E-state index in [0.717, 1.165) is 12.3 Å². The Hall–Kier alpha value is -2.22. The van der Waals surface area contributed by atoms with Crippen LogP contribution < -0.4 is 4.90 Å². The first kappa shape index (κ1) is 14.8. The predicted octanol–water partition coefficient (Wildman–Crippen LogP) is 0.895. The number of carboxylic acid groups (broad SMARTS) is 1. The van der Waals surface area contributed by atoms with E-state index in [1.54, 1.807) is 18.9 Å². The van der Waals surface area contributed by atoms with Crippen LogP contribution >= 0.6 is 0 Å². The monoisotopic (exact) mass is 269 g/mol. The van der Waals surface area contributed by atoms with E-state index < -0.39 is 22.8 Å². The lowest BCUT2D eigenvalue weighted by Crippen LogP contribution is -2.24. The topological polar surface area (TPSA) is 117 Å². The molecule has 1 unspecified atom stereocenters. The van der Waals surface area contributed by atoms with Crippen LogP contribution in [0.4, 0.5) is 11.5 Å². The molecule has 2 N–H and O–H groups in total. The van der Waals surface area contributed by atoms with Gasteiger partial charge < -0.3 is 25.2 Å². The number of anilines is 1. The van der Waals surface area contributed by atoms with Crippen molar-refractivity contribution in [2.75, 3.05) is 18.5 Å². The van der Waals surface area contributed by atoms with E-state index in [2.05, 4.69) is 4.98 Å². The lowest BCUT2D eigenvalue weighted by atomic mass is 10.2. The molecule has 1 heterocycles. The smallest absolute Gasteiger partial charge is 0.364 e. The SMILES string of the molecule is CC(O)CCN(C)c1cnc([N+](=O)[O-])cc1C(=O)O. The van der Waals surface area contributed by atoms with Crippen molar-refractivity contribution in [3.8, 4) is 0 Å². The second-order valence-corrected chi connectivity index (χ2v) is 4.18. The number of nitro groups is 1. The van der Waals surface area contributed by atoms with E-state index in [9.17, 15) is 20.0 Å². The summed E-state index contributed by atoms with van der Waals surface area (Å²) in [6.07, 6.45) is 1.10. The number of hydrogen-bond acceptors (Lipinski definition) is 6. The van der Waals surface area contributed by atoms with Crippen molar-refractivity contribution in [1.29, 1.82) is 0 Å². The minimum atomic E-state index is -1.26. The Morgan fingerprint density at radius 3 is 2.74 bits per heavy atom. The zero-order valence-electron chi connectivity index (χ0n) is 10.6. The number of aliphatic hydroxyl groups excluding tert-OH is 1. The largest absolute Gasteiger partial charge is 0.478 e. The van der Waals surface area contributed by atoms with Crippen LogP contribution in [0.25, 0.3) is 0 Å². The summed E-state index contributed by atoms with van der Waals surface area (Å²) in [6, 6.07) is 0.927. The van der Waals surface area contributed by atoms with Crippen LogP contribution in [0.3, 0.4) is 0 Å². The zero-order valence-corrected chi connectivity index (χ0v) is 10.6. The van der Waals surface area contributed by atoms with Crippen LogP contribution in [0.5, 0.6) is 0 Å². The summed E-state index contributed by atoms with van der Waals surface area (Å²) >= 11 is 0. The van der Waals surface area contributed by atoms with Gasteiger partial charge in [0.25, 0.3) is 0 Å². The molecular formula is C11H15N3O5. The predicted molar refractivity (Wildman–Crippen MR) is 67.4 cm³/mol. The normalized spacial score (nSPS) is 11.9. The van der Waals surface area contributed by atoms with E-state index >= 15 is 0 Å². The third-order valence-electron chi connectivity index (χ3n) is 2.58. The first-order valence-corrected chi connectivity index (χ1v) is 5.60. The van der Waals surface area contributed by atoms with Gasteiger partial charge in [-0.05, 0) is 23.3 Å². The van der Waals surface area contributed by atoms with Gasteiger partial charge in [0.05, 0.1) is 23.4 Å². The minimum absolute atomic E-state index is 0.185. The Labute approximate surface area is 109 Å². The Kier molecular flexibility index (Phi) is 4.76. The van der Waals surface area contributed by atoms with Crippen molar-refractivity contribution in [2.45, 2.75) is 19.4 Å². The maximum absolute atomic E-state index is 11.1. The van der Waals surface area contributed by atoms with Crippen molar-refractivity contribution < 1.29 is 19.9 Å². The van der Waals surface area contributed by atoms with Gasteiger partial charge in [-0.3, -0.25) is 0 Å². The molecule has 1 aromatic rings. The first-order valence-electron chi connectivity index (χ1n) is 5.60. The number of rotatable bonds is 6. The first-order chi connectivity index (χ1) is 8.82. The fraction of sp³-hybridized carbons (Fsp3) is 0.455. The minimum Gasteiger partial charge on any atom is -0.478 e. The summed E-state index contributed by atoms with van der Waals surface area (Å²) in [7, 11) is 1.64. The van der Waals surface area contributed by atoms with Crippen LogP contribution in [0, 0.1) is 10.1 Å². The zero-order chi connectivity index (χ0) is 14.6. The van der Waals surface area contributed by atoms with E-state index in [1.807, 2.05) is 0 Å². The molecule has 0 aromatic carbocycles. The van der Waals surface area contributed by atoms with Gasteiger partial charge in [-0.15, -0.1) is 0 Å². The van der Waals surface area contributed by atoms with E-state index in [1.165, 1.54) is 0 Å². The Bertz CT molecular complexity index is 489. The van der Waals surface area contributed by atoms with Gasteiger partial charge in [-0.1, -0.05) is 0 Å². The lowest BCUT2D eigenvalue weighted by molar-refractivity contribution is -0.389. The molecular weight excluding hydrogens is 254 g/mol. The third kappa shape index (κ3) is 3.88. The molecule has 0 saturated heterocycles. The molecule has 1 atom stereocenters. The van der Waals surface area contributed by atoms with Gasteiger partial charge in [0.1, 0.15) is 0 Å². The summed E-state index contributed by atoms with van der Waals surface area (Å²) in [5, 5.41) is 28.8. The van der Waals surface area contributed by atoms with Gasteiger partial charge in [0, 0.05) is 13.6 Å². The molecule has 0 aliphatic carbocycles. The van der Waals surface area contributed by atoms with Crippen LogP contribution in [-0.4, -0.2) is 45.8 Å². The molecule has 1 aromatic heterocycles. The molecule has 0 saturated carbocycles. The number of aromatic carboxylic acids is 1. The Morgan fingerprint density at radius 2 is 2.26 bits per heavy atom. The Morgan fingerprint density at radius 1 is 1.63 bits per heavy atom. The fourth-order valence-electron chi connectivity index (χ4n) is 1.51. The second-order valence-electron chi connectivity index (χ2n) is 4.18. The lowest BCUT2D eigenvalue weighted by Gasteiger charge is -2.20. The molecule has 0 fully saturated rings. The maximum Gasteiger partial charge on any atom is 0.364 e. The molecule has 0 aliphatic rings. The van der Waals surface area contributed by atoms with Crippen molar-refractivity contribution in [3.05, 3.63) is 27.9 Å². The number of pyridine rings is 1. The van der Waals surface area contributed by atoms with E-state index in [0.29, 0.717) is 13.0 Å². The second kappa shape index (κ2) is 6.10. The highest BCUT2D eigenvalue weighted by Gasteiger charge is 2.20. The van der Waals surface area contributed by atoms with Crippen LogP contribution in [0.1, 0.15) is 23.7 Å². The van der Waals surface area contributed by atoms with Gasteiger partial charge in [0.2, 0.25) is 0 Å². The Balaban J connectivity index is 3.06. The standard InChI is InChI=1S/C11H15N3O5/c1-7(15)3-4-13(2)9-6-12-10(14(18)19)5-8(9)11(16)17/h5-7,15H,3-4H2,1-2H3,(H,16,17). The van der Waals surface area contributed by atoms with Gasteiger partial charge in [-0.2, -0.15) is 0 Å². The molecule has 0 aliphatic heterocycles. The van der Waals surface area contributed by atoms with Crippen molar-refractivity contribution in [3.63, 3.8) is 0 Å². The number of carbonyl (C=O) groups is 1. The highest BCUT2D eigenvalue weighted by atomic mass is 16.6. The number of hydrogen-bond donors (Lipinski definition) is 2. The van der Waals surface area contributed by atoms with Crippen LogP contribution in [0.2, 0.25) is 0 Å². The summed E-state index contributed by atoms with van der Waals surface area (Å²) in [6.45, 7) is 2.04. The third-order valence-corrected chi connectivity index (χ3v) is 2.58. The summed E-state index contributed by atoms with van der Waals surface area (Å²) in [4.78, 5) is 26.1. The molecule has 0 amide bonds. The molecule has 104 valence electrons. The van der Waals surface area contributed by atoms with Gasteiger partial charge in [-0.25, -0.2) is 4.79 Å². The number of aliphatic hydroxyl groups is 1. The average molecular weight is 269 g/mol. The molecule has 0 bridgehead atoms. The molecule has 1 rings (SSSR count). The molecule has 8 heteroatoms. The van der Waals surface area contributed by atoms with E-state index in [4.69, 9.17) is 5.11 Å².